The Balaban J connectivity index is 2.63. The van der Waals surface area contributed by atoms with E-state index in [9.17, 15) is 8.42 Å². The van der Waals surface area contributed by atoms with Gasteiger partial charge in [0, 0.05) is 5.38 Å². The van der Waals surface area contributed by atoms with Gasteiger partial charge in [0.2, 0.25) is 0 Å². The minimum atomic E-state index is -3.35. The third-order valence-electron chi connectivity index (χ3n) is 1.17. The molecule has 0 N–H and O–H groups in total. The summed E-state index contributed by atoms with van der Waals surface area (Å²) < 4.78 is 26.9. The van der Waals surface area contributed by atoms with Gasteiger partial charge in [0.05, 0.1) is 5.75 Å². The highest BCUT2D eigenvalue weighted by molar-refractivity contribution is 7.87. The van der Waals surface area contributed by atoms with E-state index in [4.69, 9.17) is 4.18 Å². The topological polar surface area (TPSA) is 43.4 Å². The summed E-state index contributed by atoms with van der Waals surface area (Å²) in [5.74, 6) is 0.483. The molecule has 1 aromatic heterocycles. The zero-order chi connectivity index (χ0) is 9.03. The van der Waals surface area contributed by atoms with Crippen LogP contribution in [0.15, 0.2) is 16.8 Å². The molecular formula is C7H10O3S2. The highest BCUT2D eigenvalue weighted by atomic mass is 32.2. The highest BCUT2D eigenvalue weighted by Crippen LogP contribution is 2.17. The van der Waals surface area contributed by atoms with Gasteiger partial charge in [-0.25, -0.2) is 0 Å². The van der Waals surface area contributed by atoms with E-state index < -0.39 is 10.1 Å². The second-order valence-electron chi connectivity index (χ2n) is 2.30. The van der Waals surface area contributed by atoms with E-state index in [1.54, 1.807) is 23.8 Å². The largest absolute Gasteiger partial charge is 0.382 e. The SMILES string of the molecule is CCCS(=O)(=O)Oc1ccsc1. The minimum absolute atomic E-state index is 0.0723. The lowest BCUT2D eigenvalue weighted by Gasteiger charge is -2.01. The van der Waals surface area contributed by atoms with Crippen molar-refractivity contribution in [3.8, 4) is 5.75 Å². The zero-order valence-corrected chi connectivity index (χ0v) is 8.32. The summed E-state index contributed by atoms with van der Waals surface area (Å²) in [6.45, 7) is 1.80. The van der Waals surface area contributed by atoms with Crippen molar-refractivity contribution in [1.82, 2.24) is 0 Å². The average molecular weight is 206 g/mol. The van der Waals surface area contributed by atoms with Crippen LogP contribution in [0.5, 0.6) is 5.75 Å². The smallest absolute Gasteiger partial charge is 0.309 e. The fraction of sp³-hybridized carbons (Fsp3) is 0.429. The molecule has 0 aliphatic heterocycles. The van der Waals surface area contributed by atoms with Crippen LogP contribution in [0.2, 0.25) is 0 Å². The summed E-state index contributed by atoms with van der Waals surface area (Å²) in [7, 11) is -3.35. The third-order valence-corrected chi connectivity index (χ3v) is 3.19. The van der Waals surface area contributed by atoms with Crippen molar-refractivity contribution in [1.29, 1.82) is 0 Å². The van der Waals surface area contributed by atoms with Gasteiger partial charge in [-0.1, -0.05) is 6.92 Å². The molecule has 0 atom stereocenters. The van der Waals surface area contributed by atoms with E-state index in [2.05, 4.69) is 0 Å². The molecule has 3 nitrogen and oxygen atoms in total. The first-order chi connectivity index (χ1) is 5.64. The first kappa shape index (κ1) is 9.54. The molecule has 68 valence electrons. The van der Waals surface area contributed by atoms with Gasteiger partial charge >= 0.3 is 10.1 Å². The van der Waals surface area contributed by atoms with Gasteiger partial charge in [-0.05, 0) is 17.9 Å². The Kier molecular flexibility index (Phi) is 3.11. The molecule has 0 spiro atoms. The van der Waals surface area contributed by atoms with Gasteiger partial charge in [-0.15, -0.1) is 11.3 Å². The second-order valence-corrected chi connectivity index (χ2v) is 4.77. The molecule has 0 radical (unpaired) electrons. The Labute approximate surface area is 76.1 Å². The number of rotatable bonds is 4. The maximum Gasteiger partial charge on any atom is 0.309 e. The lowest BCUT2D eigenvalue weighted by Crippen LogP contribution is -2.12. The molecule has 0 bridgehead atoms. The minimum Gasteiger partial charge on any atom is -0.382 e. The van der Waals surface area contributed by atoms with Crippen LogP contribution in [0.3, 0.4) is 0 Å². The number of hydrogen-bond acceptors (Lipinski definition) is 4. The van der Waals surface area contributed by atoms with Gasteiger partial charge in [0.1, 0.15) is 0 Å². The molecule has 0 aliphatic carbocycles. The van der Waals surface area contributed by atoms with Crippen LogP contribution in [-0.4, -0.2) is 14.2 Å². The van der Waals surface area contributed by atoms with Crippen molar-refractivity contribution in [2.24, 2.45) is 0 Å². The molecule has 0 fully saturated rings. The summed E-state index contributed by atoms with van der Waals surface area (Å²) in [6, 6.07) is 1.64. The Bertz CT molecular complexity index is 312. The molecule has 0 saturated heterocycles. The average Bonchev–Trinajstić information content (AvgIpc) is 2.38. The standard InChI is InChI=1S/C7H10O3S2/c1-2-5-12(8,9)10-7-3-4-11-6-7/h3-4,6H,2,5H2,1H3. The monoisotopic (exact) mass is 206 g/mol. The molecule has 0 aromatic carbocycles. The lowest BCUT2D eigenvalue weighted by atomic mass is 10.6. The Hall–Kier alpha value is -0.550. The Morgan fingerprint density at radius 1 is 1.58 bits per heavy atom. The first-order valence-corrected chi connectivity index (χ1v) is 6.10. The van der Waals surface area contributed by atoms with Crippen LogP contribution >= 0.6 is 11.3 Å². The van der Waals surface area contributed by atoms with Crippen molar-refractivity contribution >= 4 is 21.5 Å². The summed E-state index contributed by atoms with van der Waals surface area (Å²) in [6.07, 6.45) is 0.576. The molecule has 0 saturated carbocycles. The van der Waals surface area contributed by atoms with Crippen molar-refractivity contribution < 1.29 is 12.6 Å². The Morgan fingerprint density at radius 2 is 2.33 bits per heavy atom. The van der Waals surface area contributed by atoms with E-state index in [1.165, 1.54) is 11.3 Å². The van der Waals surface area contributed by atoms with Crippen LogP contribution in [0.25, 0.3) is 0 Å². The maximum atomic E-state index is 11.1. The van der Waals surface area contributed by atoms with E-state index in [-0.39, 0.29) is 5.75 Å². The Morgan fingerprint density at radius 3 is 2.83 bits per heavy atom. The molecule has 12 heavy (non-hydrogen) atoms. The molecule has 1 heterocycles. The number of hydrogen-bond donors (Lipinski definition) is 0. The third kappa shape index (κ3) is 2.83. The van der Waals surface area contributed by atoms with E-state index in [0.717, 1.165) is 0 Å². The van der Waals surface area contributed by atoms with E-state index in [0.29, 0.717) is 12.2 Å². The molecule has 5 heteroatoms. The van der Waals surface area contributed by atoms with Crippen LogP contribution in [0.4, 0.5) is 0 Å². The normalized spacial score (nSPS) is 11.4. The maximum absolute atomic E-state index is 11.1. The first-order valence-electron chi connectivity index (χ1n) is 3.58. The molecule has 0 unspecified atom stereocenters. The summed E-state index contributed by atoms with van der Waals surface area (Å²) >= 11 is 1.41. The summed E-state index contributed by atoms with van der Waals surface area (Å²) in [5.41, 5.74) is 0. The lowest BCUT2D eigenvalue weighted by molar-refractivity contribution is 0.486. The van der Waals surface area contributed by atoms with Gasteiger partial charge in [0.15, 0.2) is 5.75 Å². The van der Waals surface area contributed by atoms with Crippen molar-refractivity contribution in [2.45, 2.75) is 13.3 Å². The molecule has 0 aliphatic rings. The van der Waals surface area contributed by atoms with E-state index >= 15 is 0 Å². The quantitative estimate of drug-likeness (QED) is 0.706. The van der Waals surface area contributed by atoms with Crippen LogP contribution < -0.4 is 4.18 Å². The zero-order valence-electron chi connectivity index (χ0n) is 6.69. The molecule has 1 rings (SSSR count). The fourth-order valence-electron chi connectivity index (χ4n) is 0.738. The van der Waals surface area contributed by atoms with Gasteiger partial charge < -0.3 is 4.18 Å². The molecular weight excluding hydrogens is 196 g/mol. The van der Waals surface area contributed by atoms with E-state index in [1.807, 2.05) is 0 Å². The van der Waals surface area contributed by atoms with Crippen molar-refractivity contribution in [3.05, 3.63) is 16.8 Å². The predicted molar refractivity (Wildman–Crippen MR) is 49.0 cm³/mol. The molecule has 1 aromatic rings. The number of thiophene rings is 1. The molecule has 0 amide bonds. The van der Waals surface area contributed by atoms with Crippen LogP contribution in [0.1, 0.15) is 13.3 Å². The highest BCUT2D eigenvalue weighted by Gasteiger charge is 2.10. The van der Waals surface area contributed by atoms with Crippen LogP contribution in [-0.2, 0) is 10.1 Å². The van der Waals surface area contributed by atoms with Crippen LogP contribution in [0, 0.1) is 0 Å². The van der Waals surface area contributed by atoms with Crippen molar-refractivity contribution in [2.75, 3.05) is 5.75 Å². The predicted octanol–water partition coefficient (Wildman–Crippen LogP) is 1.87. The second kappa shape index (κ2) is 3.91. The summed E-state index contributed by atoms with van der Waals surface area (Å²) in [5, 5.41) is 3.43. The fourth-order valence-corrected chi connectivity index (χ4v) is 2.33. The van der Waals surface area contributed by atoms with Gasteiger partial charge in [-0.2, -0.15) is 8.42 Å². The van der Waals surface area contributed by atoms with Gasteiger partial charge in [0.25, 0.3) is 0 Å². The van der Waals surface area contributed by atoms with Crippen molar-refractivity contribution in [3.63, 3.8) is 0 Å². The van der Waals surface area contributed by atoms with Gasteiger partial charge in [-0.3, -0.25) is 0 Å². The summed E-state index contributed by atoms with van der Waals surface area (Å²) in [4.78, 5) is 0.